The van der Waals surface area contributed by atoms with E-state index in [0.29, 0.717) is 25.1 Å². The van der Waals surface area contributed by atoms with Gasteiger partial charge in [-0.25, -0.2) is 0 Å². The van der Waals surface area contributed by atoms with Gasteiger partial charge < -0.3 is 14.6 Å². The largest absolute Gasteiger partial charge is 0.391 e. The Morgan fingerprint density at radius 2 is 2.00 bits per heavy atom. The van der Waals surface area contributed by atoms with Gasteiger partial charge in [0, 0.05) is 36.7 Å². The number of aliphatic hydroxyl groups is 1. The molecule has 2 aromatic rings. The summed E-state index contributed by atoms with van der Waals surface area (Å²) >= 11 is 0. The van der Waals surface area contributed by atoms with Gasteiger partial charge in [0.05, 0.1) is 6.10 Å². The first-order valence-corrected chi connectivity index (χ1v) is 6.45. The Balaban J connectivity index is 1.85. The van der Waals surface area contributed by atoms with Crippen molar-refractivity contribution in [3.8, 4) is 5.69 Å². The predicted octanol–water partition coefficient (Wildman–Crippen LogP) is 1.68. The molecule has 2 heterocycles. The molecule has 0 saturated carbocycles. The molecule has 19 heavy (non-hydrogen) atoms. The summed E-state index contributed by atoms with van der Waals surface area (Å²) in [5.41, 5.74) is 1.64. The van der Waals surface area contributed by atoms with Crippen LogP contribution in [0.1, 0.15) is 16.8 Å². The maximum Gasteiger partial charge on any atom is 0.254 e. The van der Waals surface area contributed by atoms with Crippen molar-refractivity contribution >= 4 is 5.91 Å². The second-order valence-corrected chi connectivity index (χ2v) is 4.83. The molecular formula is C15H16N2O2. The number of hydrogen-bond donors (Lipinski definition) is 1. The summed E-state index contributed by atoms with van der Waals surface area (Å²) in [6.07, 6.45) is 4.19. The lowest BCUT2D eigenvalue weighted by atomic mass is 10.1. The summed E-state index contributed by atoms with van der Waals surface area (Å²) < 4.78 is 1.97. The van der Waals surface area contributed by atoms with Crippen LogP contribution >= 0.6 is 0 Å². The Hall–Kier alpha value is -2.07. The average molecular weight is 256 g/mol. The van der Waals surface area contributed by atoms with Gasteiger partial charge in [-0.2, -0.15) is 0 Å². The first-order chi connectivity index (χ1) is 9.24. The number of aliphatic hydroxyl groups excluding tert-OH is 1. The molecule has 1 fully saturated rings. The Morgan fingerprint density at radius 1 is 1.21 bits per heavy atom. The van der Waals surface area contributed by atoms with E-state index in [-0.39, 0.29) is 12.0 Å². The van der Waals surface area contributed by atoms with E-state index in [4.69, 9.17) is 0 Å². The predicted molar refractivity (Wildman–Crippen MR) is 72.3 cm³/mol. The van der Waals surface area contributed by atoms with Crippen molar-refractivity contribution in [2.24, 2.45) is 0 Å². The first kappa shape index (κ1) is 12.0. The number of hydrogen-bond acceptors (Lipinski definition) is 2. The Labute approximate surface area is 111 Å². The van der Waals surface area contributed by atoms with Gasteiger partial charge in [0.1, 0.15) is 0 Å². The van der Waals surface area contributed by atoms with Crippen LogP contribution in [-0.4, -0.2) is 39.7 Å². The molecular weight excluding hydrogens is 240 g/mol. The van der Waals surface area contributed by atoms with Gasteiger partial charge in [0.25, 0.3) is 5.91 Å². The van der Waals surface area contributed by atoms with E-state index in [0.717, 1.165) is 5.69 Å². The molecule has 1 aromatic carbocycles. The van der Waals surface area contributed by atoms with Crippen molar-refractivity contribution < 1.29 is 9.90 Å². The molecule has 0 unspecified atom stereocenters. The number of amides is 1. The van der Waals surface area contributed by atoms with Crippen molar-refractivity contribution in [3.63, 3.8) is 0 Å². The number of nitrogens with zero attached hydrogens (tertiary/aromatic N) is 2. The third-order valence-corrected chi connectivity index (χ3v) is 3.45. The van der Waals surface area contributed by atoms with Gasteiger partial charge in [-0.15, -0.1) is 0 Å². The van der Waals surface area contributed by atoms with Crippen molar-refractivity contribution in [2.75, 3.05) is 13.1 Å². The normalized spacial score (nSPS) is 18.8. The highest BCUT2D eigenvalue weighted by Crippen LogP contribution is 2.16. The fraction of sp³-hybridized carbons (Fsp3) is 0.267. The third-order valence-electron chi connectivity index (χ3n) is 3.45. The molecule has 1 aromatic heterocycles. The second-order valence-electron chi connectivity index (χ2n) is 4.83. The van der Waals surface area contributed by atoms with Gasteiger partial charge in [0.15, 0.2) is 0 Å². The van der Waals surface area contributed by atoms with Crippen LogP contribution in [0.15, 0.2) is 48.8 Å². The fourth-order valence-corrected chi connectivity index (χ4v) is 2.42. The zero-order valence-electron chi connectivity index (χ0n) is 10.6. The maximum absolute atomic E-state index is 12.3. The van der Waals surface area contributed by atoms with Crippen molar-refractivity contribution in [3.05, 3.63) is 54.4 Å². The molecule has 1 amide bonds. The molecule has 0 spiro atoms. The van der Waals surface area contributed by atoms with Crippen LogP contribution in [0.5, 0.6) is 0 Å². The number of benzene rings is 1. The van der Waals surface area contributed by atoms with E-state index in [1.54, 1.807) is 4.90 Å². The Morgan fingerprint density at radius 3 is 2.68 bits per heavy atom. The summed E-state index contributed by atoms with van der Waals surface area (Å²) in [4.78, 5) is 14.0. The van der Waals surface area contributed by atoms with E-state index in [9.17, 15) is 9.90 Å². The second kappa shape index (κ2) is 4.90. The highest BCUT2D eigenvalue weighted by Gasteiger charge is 2.25. The minimum Gasteiger partial charge on any atom is -0.391 e. The summed E-state index contributed by atoms with van der Waals surface area (Å²) in [5, 5.41) is 9.50. The number of carbonyl (C=O) groups excluding carboxylic acids is 1. The number of likely N-dealkylation sites (tertiary alicyclic amines) is 1. The van der Waals surface area contributed by atoms with Crippen LogP contribution in [0.25, 0.3) is 5.69 Å². The monoisotopic (exact) mass is 256 g/mol. The molecule has 1 atom stereocenters. The molecule has 1 aliphatic rings. The smallest absolute Gasteiger partial charge is 0.254 e. The molecule has 1 N–H and O–H groups in total. The standard InChI is InChI=1S/C15H16N2O2/c18-14-6-9-17(11-14)15(19)12-4-3-5-13(10-12)16-7-1-2-8-16/h1-5,7-8,10,14,18H,6,9,11H2/t14-/m0/s1. The minimum atomic E-state index is -0.378. The van der Waals surface area contributed by atoms with E-state index >= 15 is 0 Å². The fourth-order valence-electron chi connectivity index (χ4n) is 2.42. The zero-order chi connectivity index (χ0) is 13.2. The summed E-state index contributed by atoms with van der Waals surface area (Å²) in [5.74, 6) is -0.00874. The van der Waals surface area contributed by atoms with Gasteiger partial charge in [-0.3, -0.25) is 4.79 Å². The highest BCUT2D eigenvalue weighted by molar-refractivity contribution is 5.95. The van der Waals surface area contributed by atoms with Crippen LogP contribution in [0, 0.1) is 0 Å². The molecule has 0 aliphatic carbocycles. The summed E-state index contributed by atoms with van der Waals surface area (Å²) in [6.45, 7) is 1.07. The molecule has 4 nitrogen and oxygen atoms in total. The highest BCUT2D eigenvalue weighted by atomic mass is 16.3. The van der Waals surface area contributed by atoms with Gasteiger partial charge in [-0.1, -0.05) is 6.07 Å². The van der Waals surface area contributed by atoms with Gasteiger partial charge >= 0.3 is 0 Å². The maximum atomic E-state index is 12.3. The molecule has 1 saturated heterocycles. The van der Waals surface area contributed by atoms with Crippen LogP contribution in [0.4, 0.5) is 0 Å². The van der Waals surface area contributed by atoms with Gasteiger partial charge in [0.2, 0.25) is 0 Å². The number of aromatic nitrogens is 1. The summed E-state index contributed by atoms with van der Waals surface area (Å²) in [6, 6.07) is 11.5. The SMILES string of the molecule is O=C(c1cccc(-n2cccc2)c1)N1CC[C@H](O)C1. The lowest BCUT2D eigenvalue weighted by molar-refractivity contribution is 0.0765. The van der Waals surface area contributed by atoms with E-state index in [1.165, 1.54) is 0 Å². The average Bonchev–Trinajstić information content (AvgIpc) is 3.09. The molecule has 4 heteroatoms. The Bertz CT molecular complexity index is 578. The van der Waals surface area contributed by atoms with E-state index in [2.05, 4.69) is 0 Å². The minimum absolute atomic E-state index is 0.00874. The van der Waals surface area contributed by atoms with Crippen molar-refractivity contribution in [1.29, 1.82) is 0 Å². The molecule has 3 rings (SSSR count). The van der Waals surface area contributed by atoms with Crippen LogP contribution in [0.3, 0.4) is 0 Å². The zero-order valence-corrected chi connectivity index (χ0v) is 10.6. The van der Waals surface area contributed by atoms with Gasteiger partial charge in [-0.05, 0) is 36.8 Å². The van der Waals surface area contributed by atoms with E-state index in [1.807, 2.05) is 53.4 Å². The Kier molecular flexibility index (Phi) is 3.09. The molecule has 0 bridgehead atoms. The third kappa shape index (κ3) is 2.39. The number of rotatable bonds is 2. The number of β-amino-alcohol motifs (C(OH)–C–C–N with tert-alkyl or cyclic N) is 1. The lowest BCUT2D eigenvalue weighted by Crippen LogP contribution is -2.29. The van der Waals surface area contributed by atoms with Crippen molar-refractivity contribution in [2.45, 2.75) is 12.5 Å². The molecule has 1 aliphatic heterocycles. The van der Waals surface area contributed by atoms with Crippen LogP contribution in [-0.2, 0) is 0 Å². The summed E-state index contributed by atoms with van der Waals surface area (Å²) in [7, 11) is 0. The molecule has 0 radical (unpaired) electrons. The topological polar surface area (TPSA) is 45.5 Å². The lowest BCUT2D eigenvalue weighted by Gasteiger charge is -2.16. The van der Waals surface area contributed by atoms with E-state index < -0.39 is 0 Å². The van der Waals surface area contributed by atoms with Crippen LogP contribution < -0.4 is 0 Å². The van der Waals surface area contributed by atoms with Crippen molar-refractivity contribution in [1.82, 2.24) is 9.47 Å². The quantitative estimate of drug-likeness (QED) is 0.888. The van der Waals surface area contributed by atoms with Crippen LogP contribution in [0.2, 0.25) is 0 Å². The molecule has 98 valence electrons. The first-order valence-electron chi connectivity index (χ1n) is 6.45. The number of carbonyl (C=O) groups is 1.